The van der Waals surface area contributed by atoms with Crippen LogP contribution in [0.3, 0.4) is 0 Å². The van der Waals surface area contributed by atoms with Crippen molar-refractivity contribution in [1.29, 1.82) is 0 Å². The van der Waals surface area contributed by atoms with Crippen molar-refractivity contribution in [3.63, 3.8) is 0 Å². The smallest absolute Gasteiger partial charge is 0.262 e. The van der Waals surface area contributed by atoms with E-state index in [2.05, 4.69) is 4.72 Å². The number of hydrogen-bond acceptors (Lipinski definition) is 4. The van der Waals surface area contributed by atoms with Gasteiger partial charge in [-0.05, 0) is 36.4 Å². The van der Waals surface area contributed by atoms with Crippen molar-refractivity contribution in [2.45, 2.75) is 4.90 Å². The molecule has 0 radical (unpaired) electrons. The van der Waals surface area contributed by atoms with E-state index in [1.165, 1.54) is 37.4 Å². The molecule has 0 aliphatic rings. The lowest BCUT2D eigenvalue weighted by molar-refractivity contribution is 0.1000. The van der Waals surface area contributed by atoms with E-state index in [4.69, 9.17) is 10.5 Å². The van der Waals surface area contributed by atoms with Crippen LogP contribution in [-0.4, -0.2) is 21.4 Å². The van der Waals surface area contributed by atoms with Crippen LogP contribution in [0.25, 0.3) is 0 Å². The predicted octanol–water partition coefficient (Wildman–Crippen LogP) is 1.73. The van der Waals surface area contributed by atoms with Crippen molar-refractivity contribution in [1.82, 2.24) is 0 Å². The maximum absolute atomic E-state index is 13.1. The molecule has 2 aromatic carbocycles. The molecule has 22 heavy (non-hydrogen) atoms. The van der Waals surface area contributed by atoms with Crippen LogP contribution in [0.5, 0.6) is 5.75 Å². The van der Waals surface area contributed by atoms with Gasteiger partial charge in [-0.15, -0.1) is 0 Å². The average molecular weight is 324 g/mol. The Balaban J connectivity index is 2.33. The topological polar surface area (TPSA) is 98.5 Å². The number of primary amides is 1. The Morgan fingerprint density at radius 3 is 2.36 bits per heavy atom. The van der Waals surface area contributed by atoms with Crippen molar-refractivity contribution in [2.75, 3.05) is 11.8 Å². The lowest BCUT2D eigenvalue weighted by Gasteiger charge is -2.12. The first-order valence-corrected chi connectivity index (χ1v) is 7.58. The summed E-state index contributed by atoms with van der Waals surface area (Å²) in [6.45, 7) is 0. The Morgan fingerprint density at radius 1 is 1.18 bits per heavy atom. The number of anilines is 1. The number of sulfonamides is 1. The Bertz CT molecular complexity index is 804. The van der Waals surface area contributed by atoms with Crippen molar-refractivity contribution < 1.29 is 22.3 Å². The van der Waals surface area contributed by atoms with Gasteiger partial charge in [0.25, 0.3) is 10.0 Å². The molecular weight excluding hydrogens is 311 g/mol. The van der Waals surface area contributed by atoms with Gasteiger partial charge >= 0.3 is 0 Å². The first-order valence-electron chi connectivity index (χ1n) is 6.10. The maximum atomic E-state index is 13.1. The number of benzene rings is 2. The summed E-state index contributed by atoms with van der Waals surface area (Å²) in [5.74, 6) is -1.15. The van der Waals surface area contributed by atoms with Gasteiger partial charge < -0.3 is 10.5 Å². The molecule has 1 amide bonds. The summed E-state index contributed by atoms with van der Waals surface area (Å²) in [7, 11) is -2.61. The van der Waals surface area contributed by atoms with E-state index in [1.54, 1.807) is 0 Å². The third kappa shape index (κ3) is 3.34. The fraction of sp³-hybridized carbons (Fsp3) is 0.0714. The number of hydrogen-bond donors (Lipinski definition) is 2. The summed E-state index contributed by atoms with van der Waals surface area (Å²) >= 11 is 0. The van der Waals surface area contributed by atoms with Crippen molar-refractivity contribution in [3.05, 3.63) is 53.8 Å². The van der Waals surface area contributed by atoms with Gasteiger partial charge in [0.15, 0.2) is 0 Å². The van der Waals surface area contributed by atoms with Gasteiger partial charge in [-0.3, -0.25) is 9.52 Å². The SMILES string of the molecule is COc1cc(F)ccc1NS(=O)(=O)c1ccc(C(N)=O)cc1. The van der Waals surface area contributed by atoms with Crippen LogP contribution in [0.2, 0.25) is 0 Å². The van der Waals surface area contributed by atoms with E-state index >= 15 is 0 Å². The zero-order chi connectivity index (χ0) is 16.3. The van der Waals surface area contributed by atoms with E-state index in [9.17, 15) is 17.6 Å². The lowest BCUT2D eigenvalue weighted by Crippen LogP contribution is -2.15. The fourth-order valence-electron chi connectivity index (χ4n) is 1.75. The molecule has 0 fully saturated rings. The number of nitrogens with one attached hydrogen (secondary N) is 1. The third-order valence-corrected chi connectivity index (χ3v) is 4.24. The summed E-state index contributed by atoms with van der Waals surface area (Å²) < 4.78 is 44.9. The van der Waals surface area contributed by atoms with Gasteiger partial charge in [-0.2, -0.15) is 0 Å². The molecule has 0 atom stereocenters. The van der Waals surface area contributed by atoms with E-state index in [1.807, 2.05) is 0 Å². The monoisotopic (exact) mass is 324 g/mol. The second-order valence-corrected chi connectivity index (χ2v) is 6.02. The molecule has 0 aromatic heterocycles. The molecule has 6 nitrogen and oxygen atoms in total. The molecule has 0 aliphatic carbocycles. The molecule has 0 spiro atoms. The van der Waals surface area contributed by atoms with E-state index < -0.39 is 21.7 Å². The molecule has 0 unspecified atom stereocenters. The minimum Gasteiger partial charge on any atom is -0.494 e. The standard InChI is InChI=1S/C14H13FN2O4S/c1-21-13-8-10(15)4-7-12(13)17-22(19,20)11-5-2-9(3-6-11)14(16)18/h2-8,17H,1H3,(H2,16,18). The zero-order valence-corrected chi connectivity index (χ0v) is 12.4. The minimum absolute atomic E-state index is 0.0531. The molecule has 0 saturated carbocycles. The third-order valence-electron chi connectivity index (χ3n) is 2.86. The van der Waals surface area contributed by atoms with Gasteiger partial charge in [0.1, 0.15) is 11.6 Å². The minimum atomic E-state index is -3.91. The molecule has 116 valence electrons. The molecule has 0 bridgehead atoms. The quantitative estimate of drug-likeness (QED) is 0.875. The molecule has 8 heteroatoms. The van der Waals surface area contributed by atoms with E-state index in [0.717, 1.165) is 12.1 Å². The zero-order valence-electron chi connectivity index (χ0n) is 11.5. The number of carbonyl (C=O) groups excluding carboxylic acids is 1. The van der Waals surface area contributed by atoms with Gasteiger partial charge in [0, 0.05) is 11.6 Å². The molecule has 0 saturated heterocycles. The Labute approximate surface area is 126 Å². The maximum Gasteiger partial charge on any atom is 0.262 e. The normalized spacial score (nSPS) is 11.0. The predicted molar refractivity (Wildman–Crippen MR) is 78.7 cm³/mol. The summed E-state index contributed by atoms with van der Waals surface area (Å²) in [4.78, 5) is 10.9. The highest BCUT2D eigenvalue weighted by atomic mass is 32.2. The molecular formula is C14H13FN2O4S. The van der Waals surface area contributed by atoms with Gasteiger partial charge in [0.05, 0.1) is 17.7 Å². The molecule has 0 aliphatic heterocycles. The van der Waals surface area contributed by atoms with Crippen molar-refractivity contribution in [2.24, 2.45) is 5.73 Å². The molecule has 3 N–H and O–H groups in total. The Kier molecular flexibility index (Phi) is 4.32. The summed E-state index contributed by atoms with van der Waals surface area (Å²) in [6.07, 6.45) is 0. The number of amides is 1. The number of carbonyl (C=O) groups is 1. The molecule has 0 heterocycles. The number of ether oxygens (including phenoxy) is 1. The molecule has 2 rings (SSSR count). The highest BCUT2D eigenvalue weighted by Gasteiger charge is 2.17. The van der Waals surface area contributed by atoms with Crippen LogP contribution < -0.4 is 15.2 Å². The highest BCUT2D eigenvalue weighted by Crippen LogP contribution is 2.27. The van der Waals surface area contributed by atoms with Crippen LogP contribution in [0.15, 0.2) is 47.4 Å². The number of methoxy groups -OCH3 is 1. The summed E-state index contributed by atoms with van der Waals surface area (Å²) in [5.41, 5.74) is 5.39. The first-order chi connectivity index (χ1) is 10.3. The van der Waals surface area contributed by atoms with Crippen molar-refractivity contribution >= 4 is 21.6 Å². The van der Waals surface area contributed by atoms with Gasteiger partial charge in [0.2, 0.25) is 5.91 Å². The highest BCUT2D eigenvalue weighted by molar-refractivity contribution is 7.92. The number of halogens is 1. The summed E-state index contributed by atoms with van der Waals surface area (Å²) in [5, 5.41) is 0. The number of rotatable bonds is 5. The van der Waals surface area contributed by atoms with Gasteiger partial charge in [-0.1, -0.05) is 0 Å². The largest absolute Gasteiger partial charge is 0.494 e. The number of nitrogens with two attached hydrogens (primary N) is 1. The van der Waals surface area contributed by atoms with E-state index in [-0.39, 0.29) is 21.9 Å². The van der Waals surface area contributed by atoms with Crippen LogP contribution in [-0.2, 0) is 10.0 Å². The lowest BCUT2D eigenvalue weighted by atomic mass is 10.2. The van der Waals surface area contributed by atoms with Crippen LogP contribution in [0.4, 0.5) is 10.1 Å². The fourth-order valence-corrected chi connectivity index (χ4v) is 2.82. The average Bonchev–Trinajstić information content (AvgIpc) is 2.49. The van der Waals surface area contributed by atoms with Crippen LogP contribution in [0.1, 0.15) is 10.4 Å². The van der Waals surface area contributed by atoms with Crippen molar-refractivity contribution in [3.8, 4) is 5.75 Å². The second-order valence-electron chi connectivity index (χ2n) is 4.34. The first kappa shape index (κ1) is 15.8. The van der Waals surface area contributed by atoms with Crippen LogP contribution in [0, 0.1) is 5.82 Å². The van der Waals surface area contributed by atoms with Crippen LogP contribution >= 0.6 is 0 Å². The Morgan fingerprint density at radius 2 is 1.82 bits per heavy atom. The van der Waals surface area contributed by atoms with E-state index in [0.29, 0.717) is 0 Å². The van der Waals surface area contributed by atoms with Gasteiger partial charge in [-0.25, -0.2) is 12.8 Å². The Hall–Kier alpha value is -2.61. The summed E-state index contributed by atoms with van der Waals surface area (Å²) in [6, 6.07) is 8.53. The molecule has 2 aromatic rings. The second kappa shape index (κ2) is 6.02.